The van der Waals surface area contributed by atoms with Crippen molar-refractivity contribution >= 4 is 11.8 Å². The molecule has 0 aliphatic heterocycles. The van der Waals surface area contributed by atoms with Gasteiger partial charge in [0.05, 0.1) is 5.56 Å². The van der Waals surface area contributed by atoms with Gasteiger partial charge in [0.2, 0.25) is 5.91 Å². The normalized spacial score (nSPS) is 11.8. The maximum atomic E-state index is 14.0. The Morgan fingerprint density at radius 3 is 1.82 bits per heavy atom. The molecule has 3 aromatic carbocycles. The van der Waals surface area contributed by atoms with Crippen LogP contribution in [0.5, 0.6) is 0 Å². The summed E-state index contributed by atoms with van der Waals surface area (Å²) in [5.41, 5.74) is 6.75. The second-order valence-corrected chi connectivity index (χ2v) is 6.28. The smallest absolute Gasteiger partial charge is 0.254 e. The van der Waals surface area contributed by atoms with Crippen LogP contribution in [-0.2, 0) is 4.79 Å². The summed E-state index contributed by atoms with van der Waals surface area (Å²) >= 11 is 0. The van der Waals surface area contributed by atoms with E-state index in [-0.39, 0.29) is 5.56 Å². The number of carbonyl (C=O) groups excluding carboxylic acids is 2. The highest BCUT2D eigenvalue weighted by Crippen LogP contribution is 2.28. The minimum atomic E-state index is -1.14. The molecule has 0 bridgehead atoms. The van der Waals surface area contributed by atoms with Crippen molar-refractivity contribution in [1.29, 1.82) is 0 Å². The van der Waals surface area contributed by atoms with Crippen LogP contribution in [0.1, 0.15) is 27.4 Å². The Morgan fingerprint density at radius 2 is 1.36 bits per heavy atom. The summed E-state index contributed by atoms with van der Waals surface area (Å²) in [6.45, 7) is 0. The molecule has 0 radical (unpaired) electrons. The van der Waals surface area contributed by atoms with Crippen LogP contribution in [0.4, 0.5) is 8.78 Å². The lowest BCUT2D eigenvalue weighted by atomic mass is 9.84. The van der Waals surface area contributed by atoms with Gasteiger partial charge in [-0.15, -0.1) is 0 Å². The van der Waals surface area contributed by atoms with Gasteiger partial charge in [0.1, 0.15) is 17.7 Å². The van der Waals surface area contributed by atoms with Crippen molar-refractivity contribution < 1.29 is 18.4 Å². The number of primary amides is 1. The summed E-state index contributed by atoms with van der Waals surface area (Å²) in [4.78, 5) is 24.8. The lowest BCUT2D eigenvalue weighted by Gasteiger charge is -2.27. The zero-order valence-electron chi connectivity index (χ0n) is 14.8. The third kappa shape index (κ3) is 4.23. The first-order valence-electron chi connectivity index (χ1n) is 8.62. The number of amides is 2. The van der Waals surface area contributed by atoms with Crippen molar-refractivity contribution in [1.82, 2.24) is 5.32 Å². The number of rotatable bonds is 6. The van der Waals surface area contributed by atoms with Gasteiger partial charge in [-0.2, -0.15) is 0 Å². The largest absolute Gasteiger partial charge is 0.368 e. The molecule has 0 heterocycles. The first-order valence-corrected chi connectivity index (χ1v) is 8.62. The van der Waals surface area contributed by atoms with Gasteiger partial charge >= 0.3 is 0 Å². The van der Waals surface area contributed by atoms with Crippen LogP contribution in [0.2, 0.25) is 0 Å². The maximum Gasteiger partial charge on any atom is 0.254 e. The molecule has 142 valence electrons. The van der Waals surface area contributed by atoms with E-state index in [9.17, 15) is 18.4 Å². The van der Waals surface area contributed by atoms with E-state index in [4.69, 9.17) is 5.73 Å². The van der Waals surface area contributed by atoms with E-state index in [2.05, 4.69) is 5.32 Å². The molecule has 0 saturated heterocycles. The zero-order chi connectivity index (χ0) is 20.1. The van der Waals surface area contributed by atoms with E-state index in [1.54, 1.807) is 0 Å². The summed E-state index contributed by atoms with van der Waals surface area (Å²) in [6, 6.07) is 19.6. The third-order valence-electron chi connectivity index (χ3n) is 4.42. The number of nitrogens with one attached hydrogen (secondary N) is 1. The summed E-state index contributed by atoms with van der Waals surface area (Å²) < 4.78 is 27.1. The molecule has 28 heavy (non-hydrogen) atoms. The Bertz CT molecular complexity index is 939. The number of hydrogen-bond donors (Lipinski definition) is 2. The topological polar surface area (TPSA) is 72.2 Å². The summed E-state index contributed by atoms with van der Waals surface area (Å²) in [5.74, 6) is -4.01. The lowest BCUT2D eigenvalue weighted by Crippen LogP contribution is -2.48. The Hall–Kier alpha value is -3.54. The van der Waals surface area contributed by atoms with Crippen molar-refractivity contribution in [3.8, 4) is 0 Å². The monoisotopic (exact) mass is 380 g/mol. The van der Waals surface area contributed by atoms with Crippen molar-refractivity contribution in [2.24, 2.45) is 5.73 Å². The molecule has 0 fully saturated rings. The molecular weight excluding hydrogens is 362 g/mol. The lowest BCUT2D eigenvalue weighted by molar-refractivity contribution is -0.120. The van der Waals surface area contributed by atoms with Gasteiger partial charge in [0, 0.05) is 12.0 Å². The van der Waals surface area contributed by atoms with Crippen LogP contribution in [0, 0.1) is 11.6 Å². The molecule has 2 amide bonds. The summed E-state index contributed by atoms with van der Waals surface area (Å²) in [5, 5.41) is 2.51. The number of hydrogen-bond acceptors (Lipinski definition) is 2. The molecule has 6 heteroatoms. The van der Waals surface area contributed by atoms with Crippen LogP contribution in [0.15, 0.2) is 78.9 Å². The highest BCUT2D eigenvalue weighted by atomic mass is 19.1. The van der Waals surface area contributed by atoms with E-state index in [0.29, 0.717) is 6.07 Å². The van der Waals surface area contributed by atoms with E-state index in [1.165, 1.54) is 0 Å². The van der Waals surface area contributed by atoms with Crippen LogP contribution in [-0.4, -0.2) is 17.9 Å². The van der Waals surface area contributed by atoms with Gasteiger partial charge in [-0.25, -0.2) is 8.78 Å². The van der Waals surface area contributed by atoms with Gasteiger partial charge in [-0.3, -0.25) is 9.59 Å². The first kappa shape index (κ1) is 19.2. The number of halogens is 2. The molecule has 0 saturated carbocycles. The molecule has 3 N–H and O–H groups in total. The van der Waals surface area contributed by atoms with Crippen molar-refractivity contribution in [2.75, 3.05) is 0 Å². The van der Waals surface area contributed by atoms with Crippen LogP contribution in [0.25, 0.3) is 0 Å². The average molecular weight is 380 g/mol. The molecular formula is C22H18F2N2O2. The van der Waals surface area contributed by atoms with Crippen molar-refractivity contribution in [3.63, 3.8) is 0 Å². The molecule has 0 spiro atoms. The van der Waals surface area contributed by atoms with E-state index >= 15 is 0 Å². The quantitative estimate of drug-likeness (QED) is 0.688. The molecule has 0 aliphatic carbocycles. The molecule has 3 rings (SSSR count). The fraction of sp³-hybridized carbons (Fsp3) is 0.0909. The fourth-order valence-corrected chi connectivity index (χ4v) is 3.11. The molecule has 0 aliphatic rings. The van der Waals surface area contributed by atoms with Gasteiger partial charge in [-0.05, 0) is 23.3 Å². The highest BCUT2D eigenvalue weighted by Gasteiger charge is 2.31. The minimum Gasteiger partial charge on any atom is -0.368 e. The fourth-order valence-electron chi connectivity index (χ4n) is 3.11. The van der Waals surface area contributed by atoms with Gasteiger partial charge in [0.25, 0.3) is 5.91 Å². The molecule has 1 atom stereocenters. The van der Waals surface area contributed by atoms with E-state index in [0.717, 1.165) is 23.3 Å². The Kier molecular flexibility index (Phi) is 5.79. The summed E-state index contributed by atoms with van der Waals surface area (Å²) in [7, 11) is 0. The second-order valence-electron chi connectivity index (χ2n) is 6.28. The minimum absolute atomic E-state index is 0.368. The average Bonchev–Trinajstić information content (AvgIpc) is 2.69. The van der Waals surface area contributed by atoms with E-state index < -0.39 is 35.4 Å². The Labute approximate surface area is 161 Å². The standard InChI is InChI=1S/C22H18F2N2O2/c23-16-11-12-17(18(24)13-16)22(28)26-20(21(25)27)19(14-7-3-1-4-8-14)15-9-5-2-6-10-15/h1-13,19-20H,(H2,25,27)(H,26,28)/t20-/m0/s1. The molecule has 0 aromatic heterocycles. The molecule has 3 aromatic rings. The molecule has 0 unspecified atom stereocenters. The van der Waals surface area contributed by atoms with Crippen LogP contribution in [0.3, 0.4) is 0 Å². The second kappa shape index (κ2) is 8.43. The van der Waals surface area contributed by atoms with Gasteiger partial charge in [0.15, 0.2) is 0 Å². The van der Waals surface area contributed by atoms with Crippen LogP contribution < -0.4 is 11.1 Å². The third-order valence-corrected chi connectivity index (χ3v) is 4.42. The number of benzene rings is 3. The van der Waals surface area contributed by atoms with Gasteiger partial charge in [-0.1, -0.05) is 60.7 Å². The number of carbonyl (C=O) groups is 2. The van der Waals surface area contributed by atoms with Crippen LogP contribution >= 0.6 is 0 Å². The molecule has 4 nitrogen and oxygen atoms in total. The Morgan fingerprint density at radius 1 is 0.821 bits per heavy atom. The predicted molar refractivity (Wildman–Crippen MR) is 102 cm³/mol. The van der Waals surface area contributed by atoms with E-state index in [1.807, 2.05) is 60.7 Å². The highest BCUT2D eigenvalue weighted by molar-refractivity contribution is 5.98. The maximum absolute atomic E-state index is 14.0. The van der Waals surface area contributed by atoms with Crippen molar-refractivity contribution in [2.45, 2.75) is 12.0 Å². The number of nitrogens with two attached hydrogens (primary N) is 1. The first-order chi connectivity index (χ1) is 13.5. The zero-order valence-corrected chi connectivity index (χ0v) is 14.8. The summed E-state index contributed by atoms with van der Waals surface area (Å²) in [6.07, 6.45) is 0. The Balaban J connectivity index is 2.00. The van der Waals surface area contributed by atoms with Gasteiger partial charge < -0.3 is 11.1 Å². The SMILES string of the molecule is NC(=O)[C@@H](NC(=O)c1ccc(F)cc1F)C(c1ccccc1)c1ccccc1. The predicted octanol–water partition coefficient (Wildman–Crippen LogP) is 3.38. The van der Waals surface area contributed by atoms with Crippen molar-refractivity contribution in [3.05, 3.63) is 107 Å².